The summed E-state index contributed by atoms with van der Waals surface area (Å²) in [6.45, 7) is 1.89. The quantitative estimate of drug-likeness (QED) is 0.735. The van der Waals surface area contributed by atoms with Gasteiger partial charge in [-0.2, -0.15) is 0 Å². The molecular weight excluding hydrogens is 366 g/mol. The average Bonchev–Trinajstić information content (AvgIpc) is 3.48. The summed E-state index contributed by atoms with van der Waals surface area (Å²) in [6.07, 6.45) is 4.45. The molecule has 1 atom stereocenters. The molecule has 152 valence electrons. The third-order valence-electron chi connectivity index (χ3n) is 5.74. The van der Waals surface area contributed by atoms with E-state index in [9.17, 15) is 9.59 Å². The number of amides is 2. The van der Waals surface area contributed by atoms with Gasteiger partial charge in [-0.3, -0.25) is 9.59 Å². The first kappa shape index (κ1) is 19.2. The number of aromatic nitrogens is 1. The predicted octanol–water partition coefficient (Wildman–Crippen LogP) is 2.36. The molecule has 7 heteroatoms. The number of nitrogens with zero attached hydrogens (tertiary/aromatic N) is 3. The van der Waals surface area contributed by atoms with Crippen LogP contribution in [0.15, 0.2) is 42.6 Å². The molecule has 1 saturated heterocycles. The molecule has 1 aromatic carbocycles. The minimum Gasteiger partial charge on any atom is -0.399 e. The molecule has 4 rings (SSSR count). The Kier molecular flexibility index (Phi) is 5.38. The molecule has 2 heterocycles. The molecule has 0 radical (unpaired) electrons. The van der Waals surface area contributed by atoms with Crippen LogP contribution in [0.2, 0.25) is 0 Å². The van der Waals surface area contributed by atoms with Gasteiger partial charge in [0.15, 0.2) is 0 Å². The zero-order valence-electron chi connectivity index (χ0n) is 16.7. The first-order valence-electron chi connectivity index (χ1n) is 10.1. The summed E-state index contributed by atoms with van der Waals surface area (Å²) in [5.74, 6) is 1.12. The van der Waals surface area contributed by atoms with Gasteiger partial charge in [0.25, 0.3) is 5.91 Å². The number of anilines is 2. The SMILES string of the molecule is CN(C(=O)C1CC1)[C@H]1CCN(C(=O)c2ccc(NCc3ccc(N)cc3)nc2)C1. The van der Waals surface area contributed by atoms with E-state index in [1.54, 1.807) is 12.3 Å². The summed E-state index contributed by atoms with van der Waals surface area (Å²) in [7, 11) is 1.86. The van der Waals surface area contributed by atoms with Gasteiger partial charge in [0, 0.05) is 44.5 Å². The number of nitrogen functional groups attached to an aromatic ring is 1. The highest BCUT2D eigenvalue weighted by molar-refractivity contribution is 5.94. The van der Waals surface area contributed by atoms with Crippen LogP contribution in [0.4, 0.5) is 11.5 Å². The standard InChI is InChI=1S/C22H27N5O2/c1-26(21(28)16-4-5-16)19-10-11-27(14-19)22(29)17-6-9-20(25-13-17)24-12-15-2-7-18(23)8-3-15/h2-3,6-9,13,16,19H,4-5,10-12,14,23H2,1H3,(H,24,25)/t19-/m0/s1. The molecule has 1 aliphatic carbocycles. The van der Waals surface area contributed by atoms with E-state index in [-0.39, 0.29) is 23.8 Å². The van der Waals surface area contributed by atoms with Crippen LogP contribution >= 0.6 is 0 Å². The molecule has 29 heavy (non-hydrogen) atoms. The highest BCUT2D eigenvalue weighted by Crippen LogP contribution is 2.32. The zero-order valence-corrected chi connectivity index (χ0v) is 16.7. The fraction of sp³-hybridized carbons (Fsp3) is 0.409. The second-order valence-corrected chi connectivity index (χ2v) is 7.94. The first-order valence-corrected chi connectivity index (χ1v) is 10.1. The average molecular weight is 393 g/mol. The van der Waals surface area contributed by atoms with Gasteiger partial charge in [-0.25, -0.2) is 4.98 Å². The van der Waals surface area contributed by atoms with Crippen molar-refractivity contribution in [3.63, 3.8) is 0 Å². The molecule has 7 nitrogen and oxygen atoms in total. The Balaban J connectivity index is 1.31. The number of carbonyl (C=O) groups excluding carboxylic acids is 2. The van der Waals surface area contributed by atoms with Gasteiger partial charge in [0.05, 0.1) is 11.6 Å². The van der Waals surface area contributed by atoms with E-state index in [4.69, 9.17) is 5.73 Å². The van der Waals surface area contributed by atoms with Crippen molar-refractivity contribution in [1.29, 1.82) is 0 Å². The Morgan fingerprint density at radius 3 is 2.59 bits per heavy atom. The number of pyridine rings is 1. The van der Waals surface area contributed by atoms with E-state index in [1.807, 2.05) is 47.2 Å². The maximum absolute atomic E-state index is 12.8. The van der Waals surface area contributed by atoms with Crippen molar-refractivity contribution in [2.24, 2.45) is 5.92 Å². The number of hydrogen-bond donors (Lipinski definition) is 2. The summed E-state index contributed by atoms with van der Waals surface area (Å²) in [4.78, 5) is 33.1. The second kappa shape index (κ2) is 8.11. The molecule has 0 bridgehead atoms. The lowest BCUT2D eigenvalue weighted by atomic mass is 10.2. The van der Waals surface area contributed by atoms with E-state index in [0.29, 0.717) is 31.0 Å². The van der Waals surface area contributed by atoms with Crippen LogP contribution in [0.25, 0.3) is 0 Å². The van der Waals surface area contributed by atoms with Crippen molar-refractivity contribution in [2.45, 2.75) is 31.8 Å². The lowest BCUT2D eigenvalue weighted by Gasteiger charge is -2.25. The van der Waals surface area contributed by atoms with E-state index < -0.39 is 0 Å². The van der Waals surface area contributed by atoms with E-state index in [0.717, 1.165) is 30.5 Å². The van der Waals surface area contributed by atoms with Gasteiger partial charge in [0.2, 0.25) is 5.91 Å². The van der Waals surface area contributed by atoms with Crippen molar-refractivity contribution >= 4 is 23.3 Å². The fourth-order valence-corrected chi connectivity index (χ4v) is 3.68. The molecule has 2 aromatic rings. The molecule has 1 aliphatic heterocycles. The lowest BCUT2D eigenvalue weighted by Crippen LogP contribution is -2.40. The van der Waals surface area contributed by atoms with Crippen molar-refractivity contribution < 1.29 is 9.59 Å². The first-order chi connectivity index (χ1) is 14.0. The van der Waals surface area contributed by atoms with Gasteiger partial charge in [-0.1, -0.05) is 12.1 Å². The Hall–Kier alpha value is -3.09. The third-order valence-corrected chi connectivity index (χ3v) is 5.74. The Morgan fingerprint density at radius 2 is 1.93 bits per heavy atom. The van der Waals surface area contributed by atoms with Crippen LogP contribution < -0.4 is 11.1 Å². The molecule has 2 fully saturated rings. The largest absolute Gasteiger partial charge is 0.399 e. The summed E-state index contributed by atoms with van der Waals surface area (Å²) in [5, 5.41) is 3.25. The lowest BCUT2D eigenvalue weighted by molar-refractivity contribution is -0.133. The molecule has 2 amide bonds. The number of hydrogen-bond acceptors (Lipinski definition) is 5. The maximum Gasteiger partial charge on any atom is 0.255 e. The highest BCUT2D eigenvalue weighted by Gasteiger charge is 2.37. The number of benzene rings is 1. The van der Waals surface area contributed by atoms with Crippen molar-refractivity contribution in [3.05, 3.63) is 53.7 Å². The van der Waals surface area contributed by atoms with Gasteiger partial charge in [-0.05, 0) is 49.1 Å². The zero-order chi connectivity index (χ0) is 20.4. The number of likely N-dealkylation sites (N-methyl/N-ethyl adjacent to an activating group) is 1. The molecule has 2 aliphatic rings. The van der Waals surface area contributed by atoms with Crippen molar-refractivity contribution in [3.8, 4) is 0 Å². The Labute approximate surface area is 170 Å². The Morgan fingerprint density at radius 1 is 1.17 bits per heavy atom. The number of rotatable bonds is 6. The summed E-state index contributed by atoms with van der Waals surface area (Å²) < 4.78 is 0. The minimum atomic E-state index is -0.0302. The second-order valence-electron chi connectivity index (χ2n) is 7.94. The van der Waals surface area contributed by atoms with Gasteiger partial charge in [-0.15, -0.1) is 0 Å². The van der Waals surface area contributed by atoms with Gasteiger partial charge < -0.3 is 20.9 Å². The van der Waals surface area contributed by atoms with Crippen LogP contribution in [-0.4, -0.2) is 52.8 Å². The van der Waals surface area contributed by atoms with Gasteiger partial charge in [0.1, 0.15) is 5.82 Å². The van der Waals surface area contributed by atoms with Crippen LogP contribution in [0.5, 0.6) is 0 Å². The maximum atomic E-state index is 12.8. The normalized spacial score (nSPS) is 18.5. The number of nitrogens with one attached hydrogen (secondary N) is 1. The highest BCUT2D eigenvalue weighted by atomic mass is 16.2. The monoisotopic (exact) mass is 393 g/mol. The molecule has 3 N–H and O–H groups in total. The molecular formula is C22H27N5O2. The molecule has 0 spiro atoms. The van der Waals surface area contributed by atoms with Crippen molar-refractivity contribution in [2.75, 3.05) is 31.2 Å². The molecule has 1 saturated carbocycles. The van der Waals surface area contributed by atoms with Crippen molar-refractivity contribution in [1.82, 2.24) is 14.8 Å². The van der Waals surface area contributed by atoms with E-state index in [2.05, 4.69) is 10.3 Å². The predicted molar refractivity (Wildman–Crippen MR) is 112 cm³/mol. The van der Waals surface area contributed by atoms with Crippen LogP contribution in [0.1, 0.15) is 35.2 Å². The number of likely N-dealkylation sites (tertiary alicyclic amines) is 1. The van der Waals surface area contributed by atoms with Gasteiger partial charge >= 0.3 is 0 Å². The third kappa shape index (κ3) is 4.50. The summed E-state index contributed by atoms with van der Waals surface area (Å²) in [6, 6.07) is 11.4. The van der Waals surface area contributed by atoms with Crippen LogP contribution in [0, 0.1) is 5.92 Å². The topological polar surface area (TPSA) is 91.6 Å². The minimum absolute atomic E-state index is 0.0302. The number of nitrogens with two attached hydrogens (primary N) is 1. The van der Waals surface area contributed by atoms with Crippen LogP contribution in [-0.2, 0) is 11.3 Å². The van der Waals surface area contributed by atoms with E-state index >= 15 is 0 Å². The van der Waals surface area contributed by atoms with Crippen LogP contribution in [0.3, 0.4) is 0 Å². The van der Waals surface area contributed by atoms with E-state index in [1.165, 1.54) is 0 Å². The smallest absolute Gasteiger partial charge is 0.255 e. The number of carbonyl (C=O) groups is 2. The molecule has 0 unspecified atom stereocenters. The fourth-order valence-electron chi connectivity index (χ4n) is 3.68. The summed E-state index contributed by atoms with van der Waals surface area (Å²) in [5.41, 5.74) is 8.11. The molecule has 1 aromatic heterocycles. The Bertz CT molecular complexity index is 877. The summed E-state index contributed by atoms with van der Waals surface area (Å²) >= 11 is 0.